The summed E-state index contributed by atoms with van der Waals surface area (Å²) < 4.78 is 9.68. The molecule has 0 radical (unpaired) electrons. The molecule has 0 aliphatic carbocycles. The Morgan fingerprint density at radius 1 is 1.43 bits per heavy atom. The second-order valence-corrected chi connectivity index (χ2v) is 5.59. The van der Waals surface area contributed by atoms with E-state index in [-0.39, 0.29) is 16.3 Å². The molecule has 0 aromatic carbocycles. The van der Waals surface area contributed by atoms with Gasteiger partial charge in [-0.25, -0.2) is 4.79 Å². The van der Waals surface area contributed by atoms with Gasteiger partial charge in [-0.1, -0.05) is 11.6 Å². The van der Waals surface area contributed by atoms with Crippen molar-refractivity contribution in [1.82, 2.24) is 4.98 Å². The first-order valence-corrected chi connectivity index (χ1v) is 6.43. The predicted octanol–water partition coefficient (Wildman–Crippen LogP) is 2.47. The number of carbonyl (C=O) groups is 2. The number of hydrogen-bond donors (Lipinski definition) is 0. The summed E-state index contributed by atoms with van der Waals surface area (Å²) in [5, 5.41) is 9.02. The molecule has 21 heavy (non-hydrogen) atoms. The molecule has 0 fully saturated rings. The Labute approximate surface area is 127 Å². The zero-order valence-electron chi connectivity index (χ0n) is 12.1. The molecule has 0 aliphatic rings. The van der Waals surface area contributed by atoms with Crippen molar-refractivity contribution in [2.75, 3.05) is 7.11 Å². The van der Waals surface area contributed by atoms with Gasteiger partial charge in [-0.15, -0.1) is 0 Å². The van der Waals surface area contributed by atoms with Gasteiger partial charge in [0.25, 0.3) is 0 Å². The van der Waals surface area contributed by atoms with Crippen LogP contribution in [0.3, 0.4) is 0 Å². The van der Waals surface area contributed by atoms with Crippen LogP contribution < -0.4 is 0 Å². The highest BCUT2D eigenvalue weighted by molar-refractivity contribution is 6.31. The molecular formula is C14H15ClN2O4. The van der Waals surface area contributed by atoms with E-state index in [0.29, 0.717) is 0 Å². The van der Waals surface area contributed by atoms with Crippen LogP contribution in [0.15, 0.2) is 12.3 Å². The standard InChI is InChI=1S/C14H15ClN2O4/c1-14(2,3)21-12(18)8-5-10(15)11(17-7-8)9(6-16)13(19)20-4/h5,7,9H,1-4H3. The maximum absolute atomic E-state index is 11.9. The lowest BCUT2D eigenvalue weighted by Crippen LogP contribution is -2.24. The first kappa shape index (κ1) is 16.9. The van der Waals surface area contributed by atoms with Crippen molar-refractivity contribution in [3.63, 3.8) is 0 Å². The molecule has 1 unspecified atom stereocenters. The smallest absolute Gasteiger partial charge is 0.340 e. The lowest BCUT2D eigenvalue weighted by atomic mass is 10.1. The molecule has 0 N–H and O–H groups in total. The number of esters is 2. The van der Waals surface area contributed by atoms with E-state index in [4.69, 9.17) is 21.6 Å². The fraction of sp³-hybridized carbons (Fsp3) is 0.429. The number of methoxy groups -OCH3 is 1. The van der Waals surface area contributed by atoms with Crippen LogP contribution >= 0.6 is 11.6 Å². The summed E-state index contributed by atoms with van der Waals surface area (Å²) in [6.45, 7) is 5.20. The van der Waals surface area contributed by atoms with E-state index < -0.39 is 23.5 Å². The number of hydrogen-bond acceptors (Lipinski definition) is 6. The van der Waals surface area contributed by atoms with Crippen molar-refractivity contribution >= 4 is 23.5 Å². The number of aromatic nitrogens is 1. The van der Waals surface area contributed by atoms with E-state index >= 15 is 0 Å². The fourth-order valence-corrected chi connectivity index (χ4v) is 1.73. The molecule has 112 valence electrons. The molecule has 1 heterocycles. The Morgan fingerprint density at radius 2 is 2.05 bits per heavy atom. The van der Waals surface area contributed by atoms with Crippen LogP contribution in [0.5, 0.6) is 0 Å². The van der Waals surface area contributed by atoms with Crippen LogP contribution in [0.4, 0.5) is 0 Å². The molecule has 0 bridgehead atoms. The van der Waals surface area contributed by atoms with Gasteiger partial charge in [-0.3, -0.25) is 9.78 Å². The molecule has 1 aromatic rings. The summed E-state index contributed by atoms with van der Waals surface area (Å²) >= 11 is 5.99. The van der Waals surface area contributed by atoms with Gasteiger partial charge in [0.15, 0.2) is 5.92 Å². The van der Waals surface area contributed by atoms with E-state index in [0.717, 1.165) is 7.11 Å². The number of halogens is 1. The van der Waals surface area contributed by atoms with Crippen LogP contribution in [0.25, 0.3) is 0 Å². The zero-order valence-corrected chi connectivity index (χ0v) is 12.9. The number of carbonyl (C=O) groups excluding carboxylic acids is 2. The Kier molecular flexibility index (Phi) is 5.28. The SMILES string of the molecule is COC(=O)C(C#N)c1ncc(C(=O)OC(C)(C)C)cc1Cl. The third kappa shape index (κ3) is 4.43. The average molecular weight is 311 g/mol. The van der Waals surface area contributed by atoms with Gasteiger partial charge in [0.1, 0.15) is 5.60 Å². The molecular weight excluding hydrogens is 296 g/mol. The van der Waals surface area contributed by atoms with E-state index in [1.165, 1.54) is 12.3 Å². The second-order valence-electron chi connectivity index (χ2n) is 5.18. The number of nitrogens with zero attached hydrogens (tertiary/aromatic N) is 2. The van der Waals surface area contributed by atoms with Crippen molar-refractivity contribution in [2.45, 2.75) is 32.3 Å². The third-order valence-corrected chi connectivity index (χ3v) is 2.65. The third-order valence-electron chi connectivity index (χ3n) is 2.34. The van der Waals surface area contributed by atoms with Crippen molar-refractivity contribution in [3.05, 3.63) is 28.5 Å². The highest BCUT2D eigenvalue weighted by Gasteiger charge is 2.26. The summed E-state index contributed by atoms with van der Waals surface area (Å²) in [6, 6.07) is 3.07. The number of nitriles is 1. The summed E-state index contributed by atoms with van der Waals surface area (Å²) in [6.07, 6.45) is 1.21. The molecule has 1 rings (SSSR count). The Morgan fingerprint density at radius 3 is 2.48 bits per heavy atom. The molecule has 7 heteroatoms. The van der Waals surface area contributed by atoms with Gasteiger partial charge in [0, 0.05) is 6.20 Å². The van der Waals surface area contributed by atoms with Gasteiger partial charge in [-0.2, -0.15) is 5.26 Å². The number of ether oxygens (including phenoxy) is 2. The van der Waals surface area contributed by atoms with Crippen LogP contribution in [-0.2, 0) is 14.3 Å². The largest absolute Gasteiger partial charge is 0.468 e. The summed E-state index contributed by atoms with van der Waals surface area (Å²) in [4.78, 5) is 27.3. The average Bonchev–Trinajstić information content (AvgIpc) is 2.38. The van der Waals surface area contributed by atoms with Crippen molar-refractivity contribution in [3.8, 4) is 6.07 Å². The van der Waals surface area contributed by atoms with E-state index in [9.17, 15) is 9.59 Å². The quantitative estimate of drug-likeness (QED) is 0.797. The minimum absolute atomic E-state index is 0.0234. The van der Waals surface area contributed by atoms with Crippen molar-refractivity contribution in [2.24, 2.45) is 0 Å². The molecule has 0 spiro atoms. The number of pyridine rings is 1. The van der Waals surface area contributed by atoms with E-state index in [1.807, 2.05) is 0 Å². The monoisotopic (exact) mass is 310 g/mol. The second kappa shape index (κ2) is 6.55. The fourth-order valence-electron chi connectivity index (χ4n) is 1.45. The lowest BCUT2D eigenvalue weighted by Gasteiger charge is -2.19. The van der Waals surface area contributed by atoms with E-state index in [2.05, 4.69) is 9.72 Å². The maximum Gasteiger partial charge on any atom is 0.340 e. The Hall–Kier alpha value is -2.13. The molecule has 1 aromatic heterocycles. The maximum atomic E-state index is 11.9. The van der Waals surface area contributed by atoms with Gasteiger partial charge < -0.3 is 9.47 Å². The Balaban J connectivity index is 3.09. The predicted molar refractivity (Wildman–Crippen MR) is 74.8 cm³/mol. The number of rotatable bonds is 3. The summed E-state index contributed by atoms with van der Waals surface area (Å²) in [5.41, 5.74) is -0.470. The van der Waals surface area contributed by atoms with Gasteiger partial charge in [-0.05, 0) is 26.8 Å². The first-order chi connectivity index (χ1) is 9.69. The summed E-state index contributed by atoms with van der Waals surface area (Å²) in [7, 11) is 1.16. The van der Waals surface area contributed by atoms with Crippen molar-refractivity contribution in [1.29, 1.82) is 5.26 Å². The van der Waals surface area contributed by atoms with Gasteiger partial charge in [0.05, 0.1) is 29.5 Å². The van der Waals surface area contributed by atoms with Crippen molar-refractivity contribution < 1.29 is 19.1 Å². The normalized spacial score (nSPS) is 12.2. The molecule has 0 saturated carbocycles. The Bertz CT molecular complexity index is 602. The van der Waals surface area contributed by atoms with Crippen LogP contribution in [0.1, 0.15) is 42.7 Å². The molecule has 0 amide bonds. The molecule has 1 atom stereocenters. The van der Waals surface area contributed by atoms with Crippen LogP contribution in [0, 0.1) is 11.3 Å². The first-order valence-electron chi connectivity index (χ1n) is 6.06. The highest BCUT2D eigenvalue weighted by atomic mass is 35.5. The van der Waals surface area contributed by atoms with Crippen LogP contribution in [0.2, 0.25) is 5.02 Å². The van der Waals surface area contributed by atoms with Crippen LogP contribution in [-0.4, -0.2) is 29.6 Å². The zero-order chi connectivity index (χ0) is 16.2. The van der Waals surface area contributed by atoms with Gasteiger partial charge in [0.2, 0.25) is 0 Å². The molecule has 6 nitrogen and oxygen atoms in total. The van der Waals surface area contributed by atoms with Gasteiger partial charge >= 0.3 is 11.9 Å². The molecule has 0 aliphatic heterocycles. The summed E-state index contributed by atoms with van der Waals surface area (Å²) in [5.74, 6) is -2.60. The minimum atomic E-state index is -1.24. The minimum Gasteiger partial charge on any atom is -0.468 e. The topological polar surface area (TPSA) is 89.3 Å². The highest BCUT2D eigenvalue weighted by Crippen LogP contribution is 2.25. The lowest BCUT2D eigenvalue weighted by molar-refractivity contribution is -0.141. The molecule has 0 saturated heterocycles. The van der Waals surface area contributed by atoms with E-state index in [1.54, 1.807) is 26.8 Å².